The molecule has 28 heavy (non-hydrogen) atoms. The summed E-state index contributed by atoms with van der Waals surface area (Å²) in [6.45, 7) is 4.57. The number of anilines is 2. The first kappa shape index (κ1) is 19.4. The van der Waals surface area contributed by atoms with Crippen LogP contribution in [0.3, 0.4) is 0 Å². The van der Waals surface area contributed by atoms with Gasteiger partial charge in [0.25, 0.3) is 0 Å². The maximum atomic E-state index is 12.7. The monoisotopic (exact) mass is 381 g/mol. The molecule has 2 N–H and O–H groups in total. The molecular formula is C21H23N3O4. The predicted molar refractivity (Wildman–Crippen MR) is 107 cm³/mol. The summed E-state index contributed by atoms with van der Waals surface area (Å²) in [6, 6.07) is 11.2. The van der Waals surface area contributed by atoms with E-state index in [0.717, 1.165) is 11.3 Å². The van der Waals surface area contributed by atoms with Gasteiger partial charge in [0.2, 0.25) is 5.91 Å². The van der Waals surface area contributed by atoms with Gasteiger partial charge in [0.15, 0.2) is 0 Å². The molecule has 1 heterocycles. The highest BCUT2D eigenvalue weighted by Crippen LogP contribution is 2.24. The molecule has 0 radical (unpaired) electrons. The van der Waals surface area contributed by atoms with E-state index in [1.165, 1.54) is 18.7 Å². The second-order valence-corrected chi connectivity index (χ2v) is 6.77. The molecule has 0 saturated carbocycles. The number of carbonyl (C=O) groups is 3. The Morgan fingerprint density at radius 2 is 1.89 bits per heavy atom. The minimum atomic E-state index is -0.592. The number of methoxy groups -OCH3 is 1. The molecule has 0 aliphatic carbocycles. The average molecular weight is 381 g/mol. The number of benzene rings is 2. The van der Waals surface area contributed by atoms with Crippen LogP contribution in [-0.4, -0.2) is 37.6 Å². The van der Waals surface area contributed by atoms with Crippen LogP contribution in [0.15, 0.2) is 42.5 Å². The van der Waals surface area contributed by atoms with E-state index in [2.05, 4.69) is 15.4 Å². The van der Waals surface area contributed by atoms with Crippen LogP contribution in [0.1, 0.15) is 27.9 Å². The van der Waals surface area contributed by atoms with Crippen molar-refractivity contribution in [1.82, 2.24) is 5.32 Å². The van der Waals surface area contributed by atoms with Crippen molar-refractivity contribution < 1.29 is 19.1 Å². The van der Waals surface area contributed by atoms with Crippen LogP contribution in [0.4, 0.5) is 16.2 Å². The minimum Gasteiger partial charge on any atom is -0.465 e. The molecule has 2 aromatic carbocycles. The van der Waals surface area contributed by atoms with Gasteiger partial charge in [0.1, 0.15) is 6.04 Å². The van der Waals surface area contributed by atoms with Crippen molar-refractivity contribution >= 4 is 29.3 Å². The van der Waals surface area contributed by atoms with Crippen molar-refractivity contribution in [2.45, 2.75) is 26.3 Å². The second kappa shape index (κ2) is 8.12. The molecule has 0 unspecified atom stereocenters. The van der Waals surface area contributed by atoms with Gasteiger partial charge in [-0.2, -0.15) is 0 Å². The number of nitrogens with one attached hydrogen (secondary N) is 2. The second-order valence-electron chi connectivity index (χ2n) is 6.77. The number of urea groups is 1. The van der Waals surface area contributed by atoms with Gasteiger partial charge in [-0.15, -0.1) is 0 Å². The Kier molecular flexibility index (Phi) is 5.63. The van der Waals surface area contributed by atoms with Crippen molar-refractivity contribution in [2.24, 2.45) is 0 Å². The Labute approximate surface area is 163 Å². The maximum absolute atomic E-state index is 12.7. The lowest BCUT2D eigenvalue weighted by atomic mass is 10.1. The van der Waals surface area contributed by atoms with Crippen LogP contribution < -0.4 is 15.5 Å². The van der Waals surface area contributed by atoms with Crippen molar-refractivity contribution in [1.29, 1.82) is 0 Å². The summed E-state index contributed by atoms with van der Waals surface area (Å²) in [5, 5.41) is 5.36. The Balaban J connectivity index is 1.63. The zero-order valence-electron chi connectivity index (χ0n) is 16.1. The molecule has 7 heteroatoms. The summed E-state index contributed by atoms with van der Waals surface area (Å²) in [4.78, 5) is 38.3. The van der Waals surface area contributed by atoms with Gasteiger partial charge in [0, 0.05) is 17.9 Å². The van der Waals surface area contributed by atoms with Gasteiger partial charge in [-0.3, -0.25) is 4.79 Å². The van der Waals surface area contributed by atoms with Crippen LogP contribution in [0.2, 0.25) is 0 Å². The predicted octanol–water partition coefficient (Wildman–Crippen LogP) is 3.02. The molecule has 3 rings (SSSR count). The number of esters is 1. The average Bonchev–Trinajstić information content (AvgIpc) is 3.03. The molecule has 2 aromatic rings. The SMILES string of the molecule is COC(=O)c1cccc(NC(=O)N[C@@H]2CCN(c3ccc(C)c(C)c3)C2=O)c1. The number of carbonyl (C=O) groups excluding carboxylic acids is 3. The molecule has 1 fully saturated rings. The smallest absolute Gasteiger partial charge is 0.337 e. The molecule has 0 spiro atoms. The quantitative estimate of drug-likeness (QED) is 0.797. The zero-order chi connectivity index (χ0) is 20.3. The van der Waals surface area contributed by atoms with Crippen molar-refractivity contribution in [2.75, 3.05) is 23.9 Å². The third kappa shape index (κ3) is 4.14. The van der Waals surface area contributed by atoms with Gasteiger partial charge < -0.3 is 20.3 Å². The van der Waals surface area contributed by atoms with Crippen LogP contribution >= 0.6 is 0 Å². The molecule has 0 aromatic heterocycles. The molecule has 146 valence electrons. The molecule has 1 atom stereocenters. The summed E-state index contributed by atoms with van der Waals surface area (Å²) < 4.78 is 4.67. The van der Waals surface area contributed by atoms with E-state index in [1.807, 2.05) is 32.0 Å². The third-order valence-corrected chi connectivity index (χ3v) is 4.85. The van der Waals surface area contributed by atoms with E-state index in [0.29, 0.717) is 24.2 Å². The largest absolute Gasteiger partial charge is 0.465 e. The number of aryl methyl sites for hydroxylation is 2. The topological polar surface area (TPSA) is 87.7 Å². The van der Waals surface area contributed by atoms with Gasteiger partial charge in [-0.05, 0) is 61.7 Å². The standard InChI is InChI=1S/C21H23N3O4/c1-13-7-8-17(11-14(13)2)24-10-9-18(19(24)25)23-21(27)22-16-6-4-5-15(12-16)20(26)28-3/h4-8,11-12,18H,9-10H2,1-3H3,(H2,22,23,27)/t18-/m1/s1. The van der Waals surface area contributed by atoms with Gasteiger partial charge in [-0.1, -0.05) is 12.1 Å². The van der Waals surface area contributed by atoms with Crippen molar-refractivity contribution in [3.8, 4) is 0 Å². The first-order chi connectivity index (χ1) is 13.4. The number of hydrogen-bond donors (Lipinski definition) is 2. The zero-order valence-corrected chi connectivity index (χ0v) is 16.1. The van der Waals surface area contributed by atoms with E-state index in [-0.39, 0.29) is 5.91 Å². The third-order valence-electron chi connectivity index (χ3n) is 4.85. The fourth-order valence-corrected chi connectivity index (χ4v) is 3.13. The molecule has 0 bridgehead atoms. The summed E-state index contributed by atoms with van der Waals surface area (Å²) in [6.07, 6.45) is 0.529. The highest BCUT2D eigenvalue weighted by molar-refractivity contribution is 6.03. The number of ether oxygens (including phenoxy) is 1. The molecule has 1 aliphatic rings. The minimum absolute atomic E-state index is 0.137. The molecular weight excluding hydrogens is 358 g/mol. The molecule has 7 nitrogen and oxygen atoms in total. The lowest BCUT2D eigenvalue weighted by molar-refractivity contribution is -0.118. The van der Waals surface area contributed by atoms with Crippen molar-refractivity contribution in [3.05, 3.63) is 59.2 Å². The molecule has 3 amide bonds. The Hall–Kier alpha value is -3.35. The van der Waals surface area contributed by atoms with E-state index >= 15 is 0 Å². The highest BCUT2D eigenvalue weighted by Gasteiger charge is 2.33. The van der Waals surface area contributed by atoms with Crippen LogP contribution in [-0.2, 0) is 9.53 Å². The van der Waals surface area contributed by atoms with E-state index in [1.54, 1.807) is 23.1 Å². The number of nitrogens with zero attached hydrogens (tertiary/aromatic N) is 1. The van der Waals surface area contributed by atoms with Crippen LogP contribution in [0, 0.1) is 13.8 Å². The van der Waals surface area contributed by atoms with E-state index in [4.69, 9.17) is 0 Å². The van der Waals surface area contributed by atoms with Crippen LogP contribution in [0.25, 0.3) is 0 Å². The summed E-state index contributed by atoms with van der Waals surface area (Å²) in [5.74, 6) is -0.624. The van der Waals surface area contributed by atoms with E-state index < -0.39 is 18.0 Å². The normalized spacial score (nSPS) is 16.0. The summed E-state index contributed by atoms with van der Waals surface area (Å²) in [5.41, 5.74) is 3.89. The lowest BCUT2D eigenvalue weighted by Crippen LogP contribution is -2.43. The van der Waals surface area contributed by atoms with Crippen molar-refractivity contribution in [3.63, 3.8) is 0 Å². The first-order valence-corrected chi connectivity index (χ1v) is 9.03. The Morgan fingerprint density at radius 3 is 2.61 bits per heavy atom. The molecule has 1 aliphatic heterocycles. The maximum Gasteiger partial charge on any atom is 0.337 e. The first-order valence-electron chi connectivity index (χ1n) is 9.03. The summed E-state index contributed by atoms with van der Waals surface area (Å²) >= 11 is 0. The number of hydrogen-bond acceptors (Lipinski definition) is 4. The van der Waals surface area contributed by atoms with Crippen LogP contribution in [0.5, 0.6) is 0 Å². The number of rotatable bonds is 4. The highest BCUT2D eigenvalue weighted by atomic mass is 16.5. The van der Waals surface area contributed by atoms with E-state index in [9.17, 15) is 14.4 Å². The van der Waals surface area contributed by atoms with Gasteiger partial charge in [0.05, 0.1) is 12.7 Å². The Morgan fingerprint density at radius 1 is 1.11 bits per heavy atom. The fraction of sp³-hybridized carbons (Fsp3) is 0.286. The van der Waals surface area contributed by atoms with Gasteiger partial charge in [-0.25, -0.2) is 9.59 Å². The fourth-order valence-electron chi connectivity index (χ4n) is 3.13. The lowest BCUT2D eigenvalue weighted by Gasteiger charge is -2.18. The Bertz CT molecular complexity index is 926. The van der Waals surface area contributed by atoms with Gasteiger partial charge >= 0.3 is 12.0 Å². The number of amides is 3. The molecule has 1 saturated heterocycles. The summed E-state index contributed by atoms with van der Waals surface area (Å²) in [7, 11) is 1.29.